The van der Waals surface area contributed by atoms with Gasteiger partial charge in [-0.05, 0) is 36.0 Å². The van der Waals surface area contributed by atoms with E-state index in [9.17, 15) is 0 Å². The van der Waals surface area contributed by atoms with Crippen molar-refractivity contribution in [2.45, 2.75) is 46.1 Å². The molecular formula is C13H25NO. The van der Waals surface area contributed by atoms with Crippen LogP contribution in [0.1, 0.15) is 40.0 Å². The highest BCUT2D eigenvalue weighted by Crippen LogP contribution is 2.65. The molecule has 2 heteroatoms. The van der Waals surface area contributed by atoms with E-state index in [1.165, 1.54) is 19.3 Å². The lowest BCUT2D eigenvalue weighted by Gasteiger charge is -2.39. The van der Waals surface area contributed by atoms with Gasteiger partial charge >= 0.3 is 0 Å². The fourth-order valence-electron chi connectivity index (χ4n) is 3.85. The van der Waals surface area contributed by atoms with Crippen LogP contribution in [0.4, 0.5) is 0 Å². The van der Waals surface area contributed by atoms with Crippen LogP contribution in [-0.2, 0) is 4.74 Å². The largest absolute Gasteiger partial charge is 0.383 e. The summed E-state index contributed by atoms with van der Waals surface area (Å²) in [6, 6.07) is 0.710. The van der Waals surface area contributed by atoms with Crippen molar-refractivity contribution < 1.29 is 4.74 Å². The van der Waals surface area contributed by atoms with Gasteiger partial charge in [0.1, 0.15) is 0 Å². The number of nitrogens with one attached hydrogen (secondary N) is 1. The monoisotopic (exact) mass is 211 g/mol. The molecule has 88 valence electrons. The zero-order chi connectivity index (χ0) is 11.1. The summed E-state index contributed by atoms with van der Waals surface area (Å²) in [5.41, 5.74) is 1.03. The third-order valence-corrected chi connectivity index (χ3v) is 5.49. The Morgan fingerprint density at radius 1 is 1.33 bits per heavy atom. The van der Waals surface area contributed by atoms with Crippen molar-refractivity contribution in [2.75, 3.05) is 20.3 Å². The highest BCUT2D eigenvalue weighted by atomic mass is 16.5. The fourth-order valence-corrected chi connectivity index (χ4v) is 3.85. The normalized spacial score (nSPS) is 42.4. The highest BCUT2D eigenvalue weighted by Gasteiger charge is 2.60. The number of rotatable bonds is 4. The fraction of sp³-hybridized carbons (Fsp3) is 1.00. The van der Waals surface area contributed by atoms with E-state index in [0.29, 0.717) is 16.9 Å². The summed E-state index contributed by atoms with van der Waals surface area (Å²) < 4.78 is 5.10. The van der Waals surface area contributed by atoms with Gasteiger partial charge in [0.2, 0.25) is 0 Å². The van der Waals surface area contributed by atoms with Crippen LogP contribution in [0.15, 0.2) is 0 Å². The lowest BCUT2D eigenvalue weighted by molar-refractivity contribution is 0.114. The van der Waals surface area contributed by atoms with Crippen LogP contribution in [0, 0.1) is 16.7 Å². The zero-order valence-electron chi connectivity index (χ0n) is 10.6. The molecule has 2 nitrogen and oxygen atoms in total. The van der Waals surface area contributed by atoms with Gasteiger partial charge in [0, 0.05) is 19.7 Å². The molecular weight excluding hydrogens is 186 g/mol. The summed E-state index contributed by atoms with van der Waals surface area (Å²) in [7, 11) is 1.77. The Balaban J connectivity index is 1.99. The Morgan fingerprint density at radius 2 is 2.07 bits per heavy atom. The Bertz CT molecular complexity index is 239. The molecule has 0 aromatic carbocycles. The minimum atomic E-state index is 0.505. The molecule has 0 heterocycles. The van der Waals surface area contributed by atoms with Crippen molar-refractivity contribution in [1.82, 2.24) is 5.32 Å². The lowest BCUT2D eigenvalue weighted by atomic mass is 9.69. The van der Waals surface area contributed by atoms with Crippen LogP contribution in [0.5, 0.6) is 0 Å². The second-order valence-electron chi connectivity index (χ2n) is 6.11. The molecule has 2 bridgehead atoms. The van der Waals surface area contributed by atoms with Crippen LogP contribution in [0.2, 0.25) is 0 Å². The summed E-state index contributed by atoms with van der Waals surface area (Å²) in [6.45, 7) is 9.23. The summed E-state index contributed by atoms with van der Waals surface area (Å²) in [5.74, 6) is 0.933. The number of hydrogen-bond acceptors (Lipinski definition) is 2. The van der Waals surface area contributed by atoms with Crippen molar-refractivity contribution >= 4 is 0 Å². The topological polar surface area (TPSA) is 21.3 Å². The van der Waals surface area contributed by atoms with Gasteiger partial charge in [0.05, 0.1) is 6.61 Å². The van der Waals surface area contributed by atoms with Crippen molar-refractivity contribution in [3.05, 3.63) is 0 Å². The van der Waals surface area contributed by atoms with Crippen LogP contribution in [-0.4, -0.2) is 26.3 Å². The van der Waals surface area contributed by atoms with Crippen molar-refractivity contribution in [1.29, 1.82) is 0 Å². The number of methoxy groups -OCH3 is 1. The molecule has 3 atom stereocenters. The van der Waals surface area contributed by atoms with Gasteiger partial charge in [-0.3, -0.25) is 0 Å². The Hall–Kier alpha value is -0.0800. The van der Waals surface area contributed by atoms with Crippen molar-refractivity contribution in [3.63, 3.8) is 0 Å². The summed E-state index contributed by atoms with van der Waals surface area (Å²) in [6.07, 6.45) is 4.20. The van der Waals surface area contributed by atoms with Gasteiger partial charge in [0.15, 0.2) is 0 Å². The second kappa shape index (κ2) is 3.74. The number of fused-ring (bicyclic) bond motifs is 2. The zero-order valence-corrected chi connectivity index (χ0v) is 10.6. The Morgan fingerprint density at radius 3 is 2.53 bits per heavy atom. The minimum absolute atomic E-state index is 0.505. The smallest absolute Gasteiger partial charge is 0.0587 e. The predicted molar refractivity (Wildman–Crippen MR) is 62.9 cm³/mol. The van der Waals surface area contributed by atoms with Crippen LogP contribution < -0.4 is 5.32 Å². The molecule has 2 saturated carbocycles. The van der Waals surface area contributed by atoms with Crippen molar-refractivity contribution in [2.24, 2.45) is 16.7 Å². The van der Waals surface area contributed by atoms with Crippen LogP contribution in [0.3, 0.4) is 0 Å². The third-order valence-electron chi connectivity index (χ3n) is 5.49. The maximum atomic E-state index is 5.10. The third kappa shape index (κ3) is 1.53. The van der Waals surface area contributed by atoms with Gasteiger partial charge in [-0.25, -0.2) is 0 Å². The van der Waals surface area contributed by atoms with Gasteiger partial charge < -0.3 is 10.1 Å². The molecule has 2 aliphatic carbocycles. The molecule has 0 radical (unpaired) electrons. The van der Waals surface area contributed by atoms with Gasteiger partial charge in [-0.15, -0.1) is 0 Å². The Labute approximate surface area is 93.8 Å². The molecule has 2 rings (SSSR count). The molecule has 3 unspecified atom stereocenters. The van der Waals surface area contributed by atoms with Gasteiger partial charge in [-0.1, -0.05) is 20.8 Å². The van der Waals surface area contributed by atoms with E-state index in [-0.39, 0.29) is 0 Å². The molecule has 0 aromatic rings. The molecule has 0 aromatic heterocycles. The molecule has 0 saturated heterocycles. The average molecular weight is 211 g/mol. The first-order chi connectivity index (χ1) is 7.02. The lowest BCUT2D eigenvalue weighted by Crippen LogP contribution is -2.45. The van der Waals surface area contributed by atoms with E-state index < -0.39 is 0 Å². The molecule has 0 amide bonds. The van der Waals surface area contributed by atoms with E-state index in [1.54, 1.807) is 7.11 Å². The van der Waals surface area contributed by atoms with Gasteiger partial charge in [-0.2, -0.15) is 0 Å². The summed E-state index contributed by atoms with van der Waals surface area (Å²) in [5, 5.41) is 3.69. The minimum Gasteiger partial charge on any atom is -0.383 e. The average Bonchev–Trinajstić information content (AvgIpc) is 2.51. The van der Waals surface area contributed by atoms with Crippen LogP contribution >= 0.6 is 0 Å². The number of ether oxygens (including phenoxy) is 1. The number of hydrogen-bond donors (Lipinski definition) is 1. The molecule has 2 fully saturated rings. The molecule has 0 spiro atoms. The van der Waals surface area contributed by atoms with E-state index in [1.807, 2.05) is 0 Å². The maximum Gasteiger partial charge on any atom is 0.0587 e. The van der Waals surface area contributed by atoms with Crippen LogP contribution in [0.25, 0.3) is 0 Å². The quantitative estimate of drug-likeness (QED) is 0.721. The first kappa shape index (κ1) is 11.4. The standard InChI is InChI=1S/C13H25NO/c1-12(2)10-5-6-13(12,3)11(9-10)14-7-8-15-4/h10-11,14H,5-9H2,1-4H3. The molecule has 15 heavy (non-hydrogen) atoms. The van der Waals surface area contributed by atoms with E-state index in [0.717, 1.165) is 19.1 Å². The summed E-state index contributed by atoms with van der Waals surface area (Å²) in [4.78, 5) is 0. The van der Waals surface area contributed by atoms with Crippen molar-refractivity contribution in [3.8, 4) is 0 Å². The van der Waals surface area contributed by atoms with E-state index >= 15 is 0 Å². The molecule has 0 aliphatic heterocycles. The second-order valence-corrected chi connectivity index (χ2v) is 6.11. The predicted octanol–water partition coefficient (Wildman–Crippen LogP) is 2.44. The molecule has 1 N–H and O–H groups in total. The van der Waals surface area contributed by atoms with E-state index in [4.69, 9.17) is 4.74 Å². The Kier molecular flexibility index (Phi) is 2.85. The van der Waals surface area contributed by atoms with Gasteiger partial charge in [0.25, 0.3) is 0 Å². The molecule has 2 aliphatic rings. The van der Waals surface area contributed by atoms with E-state index in [2.05, 4.69) is 26.1 Å². The highest BCUT2D eigenvalue weighted by molar-refractivity contribution is 5.12. The first-order valence-corrected chi connectivity index (χ1v) is 6.24. The first-order valence-electron chi connectivity index (χ1n) is 6.24. The summed E-state index contributed by atoms with van der Waals surface area (Å²) >= 11 is 0. The maximum absolute atomic E-state index is 5.10. The SMILES string of the molecule is COCCNC1CC2CCC1(C)C2(C)C.